The summed E-state index contributed by atoms with van der Waals surface area (Å²) >= 11 is 0. The van der Waals surface area contributed by atoms with Crippen molar-refractivity contribution >= 4 is 15.9 Å². The summed E-state index contributed by atoms with van der Waals surface area (Å²) in [6.07, 6.45) is 3.88. The first-order valence-electron chi connectivity index (χ1n) is 10.7. The summed E-state index contributed by atoms with van der Waals surface area (Å²) in [7, 11) is -3.58. The number of carbonyl (C=O) groups excluding carboxylic acids is 1. The van der Waals surface area contributed by atoms with Crippen LogP contribution in [-0.4, -0.2) is 30.7 Å². The zero-order valence-electron chi connectivity index (χ0n) is 17.9. The van der Waals surface area contributed by atoms with Crippen LogP contribution in [0.3, 0.4) is 0 Å². The van der Waals surface area contributed by atoms with E-state index in [2.05, 4.69) is 26.1 Å². The first kappa shape index (κ1) is 21.1. The van der Waals surface area contributed by atoms with Gasteiger partial charge >= 0.3 is 0 Å². The Kier molecular flexibility index (Phi) is 5.49. The van der Waals surface area contributed by atoms with E-state index in [9.17, 15) is 13.2 Å². The number of benzene rings is 2. The highest BCUT2D eigenvalue weighted by atomic mass is 32.2. The Morgan fingerprint density at radius 1 is 0.967 bits per heavy atom. The molecule has 5 nitrogen and oxygen atoms in total. The molecular formula is C24H30N2O3S. The van der Waals surface area contributed by atoms with Crippen LogP contribution < -0.4 is 5.32 Å². The number of hydrogen-bond acceptors (Lipinski definition) is 3. The summed E-state index contributed by atoms with van der Waals surface area (Å²) in [6.45, 7) is 6.66. The van der Waals surface area contributed by atoms with Crippen LogP contribution >= 0.6 is 0 Å². The Morgan fingerprint density at radius 3 is 2.07 bits per heavy atom. The number of amides is 1. The van der Waals surface area contributed by atoms with Gasteiger partial charge in [0.2, 0.25) is 10.0 Å². The SMILES string of the molecule is CC(C)(C)c1ccc(S(=O)(=O)N(Cc2ccc(C(=O)NC3CC3)cc2)C2CC2)cc1. The maximum Gasteiger partial charge on any atom is 0.251 e. The molecule has 0 aliphatic heterocycles. The second-order valence-electron chi connectivity index (χ2n) is 9.50. The molecule has 1 amide bonds. The van der Waals surface area contributed by atoms with Crippen LogP contribution in [0, 0.1) is 0 Å². The van der Waals surface area contributed by atoms with Gasteiger partial charge in [-0.2, -0.15) is 4.31 Å². The molecule has 0 bridgehead atoms. The zero-order chi connectivity index (χ0) is 21.5. The van der Waals surface area contributed by atoms with Gasteiger partial charge in [0, 0.05) is 24.2 Å². The Labute approximate surface area is 179 Å². The highest BCUT2D eigenvalue weighted by Gasteiger charge is 2.38. The molecule has 2 saturated carbocycles. The molecular weight excluding hydrogens is 396 g/mol. The molecule has 2 aliphatic rings. The predicted octanol–water partition coefficient (Wildman–Crippen LogP) is 4.23. The van der Waals surface area contributed by atoms with Crippen LogP contribution in [0.25, 0.3) is 0 Å². The summed E-state index contributed by atoms with van der Waals surface area (Å²) in [5.41, 5.74) is 2.59. The Hall–Kier alpha value is -2.18. The Balaban J connectivity index is 1.51. The van der Waals surface area contributed by atoms with Crippen LogP contribution in [0.1, 0.15) is 67.9 Å². The molecule has 0 saturated heterocycles. The normalized spacial score (nSPS) is 17.2. The summed E-state index contributed by atoms with van der Waals surface area (Å²) < 4.78 is 28.3. The highest BCUT2D eigenvalue weighted by molar-refractivity contribution is 7.89. The van der Waals surface area contributed by atoms with E-state index in [1.54, 1.807) is 28.6 Å². The largest absolute Gasteiger partial charge is 0.349 e. The third-order valence-electron chi connectivity index (χ3n) is 5.75. The van der Waals surface area contributed by atoms with E-state index in [-0.39, 0.29) is 17.4 Å². The van der Waals surface area contributed by atoms with Crippen molar-refractivity contribution in [3.8, 4) is 0 Å². The molecule has 0 atom stereocenters. The van der Waals surface area contributed by atoms with Crippen LogP contribution in [0.5, 0.6) is 0 Å². The van der Waals surface area contributed by atoms with E-state index < -0.39 is 10.0 Å². The van der Waals surface area contributed by atoms with E-state index in [0.29, 0.717) is 23.0 Å². The Morgan fingerprint density at radius 2 is 1.57 bits per heavy atom. The van der Waals surface area contributed by atoms with Crippen LogP contribution in [0.15, 0.2) is 53.4 Å². The molecule has 2 aromatic rings. The Bertz CT molecular complexity index is 1010. The molecule has 6 heteroatoms. The molecule has 0 heterocycles. The van der Waals surface area contributed by atoms with Crippen molar-refractivity contribution in [1.29, 1.82) is 0 Å². The molecule has 0 radical (unpaired) electrons. The topological polar surface area (TPSA) is 66.5 Å². The van der Waals surface area contributed by atoms with Crippen molar-refractivity contribution in [3.63, 3.8) is 0 Å². The van der Waals surface area contributed by atoms with Crippen LogP contribution in [-0.2, 0) is 22.0 Å². The predicted molar refractivity (Wildman–Crippen MR) is 118 cm³/mol. The third kappa shape index (κ3) is 4.76. The number of hydrogen-bond donors (Lipinski definition) is 1. The van der Waals surface area contributed by atoms with E-state index in [0.717, 1.165) is 36.8 Å². The molecule has 30 heavy (non-hydrogen) atoms. The molecule has 0 aromatic heterocycles. The van der Waals surface area contributed by atoms with Gasteiger partial charge in [-0.1, -0.05) is 45.0 Å². The minimum Gasteiger partial charge on any atom is -0.349 e. The summed E-state index contributed by atoms with van der Waals surface area (Å²) in [6, 6.07) is 14.9. The molecule has 4 rings (SSSR count). The second kappa shape index (κ2) is 7.82. The van der Waals surface area contributed by atoms with Gasteiger partial charge < -0.3 is 5.32 Å². The van der Waals surface area contributed by atoms with Gasteiger partial charge in [0.1, 0.15) is 0 Å². The van der Waals surface area contributed by atoms with Gasteiger partial charge in [0.05, 0.1) is 4.90 Å². The van der Waals surface area contributed by atoms with Gasteiger partial charge in [-0.15, -0.1) is 0 Å². The molecule has 0 unspecified atom stereocenters. The van der Waals surface area contributed by atoms with Crippen molar-refractivity contribution in [2.24, 2.45) is 0 Å². The lowest BCUT2D eigenvalue weighted by atomic mass is 9.87. The molecule has 1 N–H and O–H groups in total. The number of rotatable bonds is 7. The van der Waals surface area contributed by atoms with Crippen molar-refractivity contribution in [3.05, 3.63) is 65.2 Å². The van der Waals surface area contributed by atoms with Crippen molar-refractivity contribution in [1.82, 2.24) is 9.62 Å². The number of sulfonamides is 1. The van der Waals surface area contributed by atoms with Crippen molar-refractivity contribution < 1.29 is 13.2 Å². The van der Waals surface area contributed by atoms with Gasteiger partial charge in [0.15, 0.2) is 0 Å². The third-order valence-corrected chi connectivity index (χ3v) is 7.66. The summed E-state index contributed by atoms with van der Waals surface area (Å²) in [5, 5.41) is 2.97. The number of carbonyl (C=O) groups is 1. The molecule has 0 spiro atoms. The maximum atomic E-state index is 13.3. The fourth-order valence-corrected chi connectivity index (χ4v) is 5.15. The molecule has 160 valence electrons. The van der Waals surface area contributed by atoms with E-state index in [1.165, 1.54) is 0 Å². The van der Waals surface area contributed by atoms with E-state index in [1.807, 2.05) is 24.3 Å². The molecule has 2 aliphatic carbocycles. The lowest BCUT2D eigenvalue weighted by Crippen LogP contribution is -2.32. The average molecular weight is 427 g/mol. The smallest absolute Gasteiger partial charge is 0.251 e. The summed E-state index contributed by atoms with van der Waals surface area (Å²) in [5.74, 6) is -0.0605. The molecule has 2 fully saturated rings. The van der Waals surface area contributed by atoms with E-state index in [4.69, 9.17) is 0 Å². The van der Waals surface area contributed by atoms with Gasteiger partial charge in [0.25, 0.3) is 5.91 Å². The van der Waals surface area contributed by atoms with Gasteiger partial charge in [-0.05, 0) is 66.5 Å². The van der Waals surface area contributed by atoms with E-state index >= 15 is 0 Å². The monoisotopic (exact) mass is 426 g/mol. The van der Waals surface area contributed by atoms with Crippen LogP contribution in [0.2, 0.25) is 0 Å². The maximum absolute atomic E-state index is 13.3. The standard InChI is InChI=1S/C24H30N2O3S/c1-24(2,3)19-8-14-22(15-9-19)30(28,29)26(21-12-13-21)16-17-4-6-18(7-5-17)23(27)25-20-10-11-20/h4-9,14-15,20-21H,10-13,16H2,1-3H3,(H,25,27). The fourth-order valence-electron chi connectivity index (χ4n) is 3.47. The summed E-state index contributed by atoms with van der Waals surface area (Å²) in [4.78, 5) is 12.5. The second-order valence-corrected chi connectivity index (χ2v) is 11.4. The number of nitrogens with zero attached hydrogens (tertiary/aromatic N) is 1. The fraction of sp³-hybridized carbons (Fsp3) is 0.458. The lowest BCUT2D eigenvalue weighted by Gasteiger charge is -2.23. The first-order chi connectivity index (χ1) is 14.1. The first-order valence-corrected chi connectivity index (χ1v) is 12.1. The molecule has 2 aromatic carbocycles. The average Bonchev–Trinajstić information content (AvgIpc) is 3.61. The minimum atomic E-state index is -3.58. The van der Waals surface area contributed by atoms with Crippen molar-refractivity contribution in [2.45, 2.75) is 75.4 Å². The van der Waals surface area contributed by atoms with Crippen molar-refractivity contribution in [2.75, 3.05) is 0 Å². The quantitative estimate of drug-likeness (QED) is 0.720. The zero-order valence-corrected chi connectivity index (χ0v) is 18.7. The minimum absolute atomic E-state index is 0.0218. The lowest BCUT2D eigenvalue weighted by molar-refractivity contribution is 0.0951. The van der Waals surface area contributed by atoms with Crippen LogP contribution in [0.4, 0.5) is 0 Å². The highest BCUT2D eigenvalue weighted by Crippen LogP contribution is 2.34. The number of nitrogens with one attached hydrogen (secondary N) is 1. The van der Waals surface area contributed by atoms with Gasteiger partial charge in [-0.3, -0.25) is 4.79 Å². The van der Waals surface area contributed by atoms with Gasteiger partial charge in [-0.25, -0.2) is 8.42 Å².